The van der Waals surface area contributed by atoms with Gasteiger partial charge in [-0.3, -0.25) is 14.4 Å². The maximum atomic E-state index is 15.4. The van der Waals surface area contributed by atoms with Crippen LogP contribution in [0.4, 0.5) is 11.4 Å². The van der Waals surface area contributed by atoms with E-state index in [0.29, 0.717) is 18.8 Å². The van der Waals surface area contributed by atoms with Crippen LogP contribution in [0.2, 0.25) is 18.6 Å². The van der Waals surface area contributed by atoms with E-state index in [-0.39, 0.29) is 61.2 Å². The van der Waals surface area contributed by atoms with Crippen LogP contribution in [0, 0.1) is 11.8 Å². The second-order valence-corrected chi connectivity index (χ2v) is 21.8. The van der Waals surface area contributed by atoms with Gasteiger partial charge in [-0.2, -0.15) is 0 Å². The molecule has 1 spiro atoms. The van der Waals surface area contributed by atoms with E-state index in [1.54, 1.807) is 16.9 Å². The lowest BCUT2D eigenvalue weighted by Crippen LogP contribution is -2.52. The quantitative estimate of drug-likeness (QED) is 0.130. The van der Waals surface area contributed by atoms with Gasteiger partial charge in [-0.1, -0.05) is 95.7 Å². The first-order chi connectivity index (χ1) is 27.5. The molecule has 2 saturated heterocycles. The lowest BCUT2D eigenvalue weighted by molar-refractivity contribution is -0.150. The Balaban J connectivity index is 1.24. The number of nitrogens with one attached hydrogen (secondary N) is 2. The van der Waals surface area contributed by atoms with Gasteiger partial charge in [0.15, 0.2) is 5.60 Å². The van der Waals surface area contributed by atoms with Crippen LogP contribution in [-0.2, 0) is 37.8 Å². The number of ether oxygens (including phenoxy) is 2. The largest absolute Gasteiger partial charge is 0.497 e. The molecule has 0 aromatic heterocycles. The van der Waals surface area contributed by atoms with Gasteiger partial charge in [0.2, 0.25) is 11.8 Å². The van der Waals surface area contributed by atoms with Crippen molar-refractivity contribution >= 4 is 58.3 Å². The zero-order chi connectivity index (χ0) is 40.3. The van der Waals surface area contributed by atoms with Gasteiger partial charge in [0.1, 0.15) is 5.75 Å². The van der Waals surface area contributed by atoms with Crippen LogP contribution in [0.25, 0.3) is 0 Å². The summed E-state index contributed by atoms with van der Waals surface area (Å²) in [6.07, 6.45) is 1.30. The number of carbonyl (C=O) groups excluding carboxylic acids is 3. The number of hydrogen-bond acceptors (Lipinski definition) is 7. The van der Waals surface area contributed by atoms with Crippen molar-refractivity contribution in [2.75, 3.05) is 43.6 Å². The topological polar surface area (TPSA) is 120 Å². The van der Waals surface area contributed by atoms with Gasteiger partial charge in [-0.15, -0.1) is 0 Å². The van der Waals surface area contributed by atoms with Crippen molar-refractivity contribution in [3.8, 4) is 5.75 Å². The van der Waals surface area contributed by atoms with Crippen molar-refractivity contribution in [2.24, 2.45) is 11.8 Å². The van der Waals surface area contributed by atoms with Crippen LogP contribution >= 0.6 is 15.9 Å². The predicted octanol–water partition coefficient (Wildman–Crippen LogP) is 6.57. The Kier molecular flexibility index (Phi) is 12.4. The van der Waals surface area contributed by atoms with Crippen molar-refractivity contribution in [2.45, 2.75) is 69.6 Å². The van der Waals surface area contributed by atoms with Crippen molar-refractivity contribution < 1.29 is 29.0 Å². The number of rotatable bonds is 13. The molecule has 3 amide bonds. The molecule has 3 heterocycles. The minimum Gasteiger partial charge on any atom is -0.497 e. The third kappa shape index (κ3) is 8.20. The van der Waals surface area contributed by atoms with E-state index >= 15 is 4.79 Å². The Morgan fingerprint density at radius 1 is 1.04 bits per heavy atom. The number of halogens is 1. The van der Waals surface area contributed by atoms with Gasteiger partial charge in [0, 0.05) is 41.3 Å². The number of aliphatic hydroxyl groups is 1. The molecule has 0 aliphatic carbocycles. The molecule has 5 atom stereocenters. The molecule has 10 nitrogen and oxygen atoms in total. The van der Waals surface area contributed by atoms with Gasteiger partial charge < -0.3 is 35.0 Å². The number of methoxy groups -OCH3 is 1. The van der Waals surface area contributed by atoms with Crippen molar-refractivity contribution in [1.29, 1.82) is 0 Å². The smallest absolute Gasteiger partial charge is 0.264 e. The maximum Gasteiger partial charge on any atom is 0.264 e. The highest BCUT2D eigenvalue weighted by molar-refractivity contribution is 9.10. The summed E-state index contributed by atoms with van der Waals surface area (Å²) in [6.45, 7) is 8.96. The van der Waals surface area contributed by atoms with Crippen LogP contribution in [0.5, 0.6) is 5.75 Å². The Bertz CT molecular complexity index is 2080. The summed E-state index contributed by atoms with van der Waals surface area (Å²) in [5, 5.41) is 17.6. The van der Waals surface area contributed by atoms with E-state index in [4.69, 9.17) is 9.47 Å². The van der Waals surface area contributed by atoms with E-state index in [1.807, 2.05) is 84.9 Å². The molecule has 1 unspecified atom stereocenters. The highest BCUT2D eigenvalue weighted by atomic mass is 79.9. The summed E-state index contributed by atoms with van der Waals surface area (Å²) in [6, 6.07) is 31.5. The second kappa shape index (κ2) is 17.3. The predicted molar refractivity (Wildman–Crippen MR) is 229 cm³/mol. The first kappa shape index (κ1) is 40.8. The Morgan fingerprint density at radius 3 is 2.49 bits per heavy atom. The fourth-order valence-corrected chi connectivity index (χ4v) is 13.8. The summed E-state index contributed by atoms with van der Waals surface area (Å²) in [4.78, 5) is 46.4. The average molecular weight is 854 g/mol. The molecule has 300 valence electrons. The number of amides is 3. The molecular weight excluding hydrogens is 801 g/mol. The molecular formula is C45H53BrN4O6Si. The third-order valence-corrected chi connectivity index (χ3v) is 17.2. The van der Waals surface area contributed by atoms with Crippen molar-refractivity contribution in [3.63, 3.8) is 0 Å². The lowest BCUT2D eigenvalue weighted by Gasteiger charge is -2.37. The molecule has 7 rings (SSSR count). The third-order valence-electron chi connectivity index (χ3n) is 12.3. The van der Waals surface area contributed by atoms with Gasteiger partial charge in [-0.05, 0) is 78.5 Å². The molecule has 4 aromatic carbocycles. The van der Waals surface area contributed by atoms with Crippen LogP contribution in [0.15, 0.2) is 102 Å². The number of nitrogens with zero attached hydrogens (tertiary/aromatic N) is 2. The summed E-state index contributed by atoms with van der Waals surface area (Å²) >= 11 is 3.70. The Hall–Kier alpha value is -4.33. The van der Waals surface area contributed by atoms with Crippen LogP contribution < -0.4 is 25.5 Å². The summed E-state index contributed by atoms with van der Waals surface area (Å²) in [5.41, 5.74) is 2.57. The molecule has 0 bridgehead atoms. The number of piperidine rings is 1. The molecule has 0 radical (unpaired) electrons. The van der Waals surface area contributed by atoms with Gasteiger partial charge in [-0.25, -0.2) is 0 Å². The normalized spacial score (nSPS) is 23.1. The lowest BCUT2D eigenvalue weighted by atomic mass is 9.82. The van der Waals surface area contributed by atoms with Crippen molar-refractivity contribution in [3.05, 3.63) is 118 Å². The van der Waals surface area contributed by atoms with Gasteiger partial charge in [0.25, 0.3) is 5.91 Å². The van der Waals surface area contributed by atoms with E-state index in [1.165, 1.54) is 5.19 Å². The van der Waals surface area contributed by atoms with Gasteiger partial charge in [0.05, 0.1) is 52.5 Å². The van der Waals surface area contributed by atoms with Crippen molar-refractivity contribution in [1.82, 2.24) is 10.2 Å². The molecule has 4 aromatic rings. The summed E-state index contributed by atoms with van der Waals surface area (Å²) in [7, 11) is -0.871. The van der Waals surface area contributed by atoms with Crippen LogP contribution in [-0.4, -0.2) is 75.3 Å². The molecule has 3 aliphatic rings. The molecule has 2 fully saturated rings. The first-order valence-corrected chi connectivity index (χ1v) is 23.8. The van der Waals surface area contributed by atoms with E-state index < -0.39 is 19.8 Å². The first-order valence-electron chi connectivity index (χ1n) is 19.9. The Labute approximate surface area is 345 Å². The van der Waals surface area contributed by atoms with Crippen LogP contribution in [0.3, 0.4) is 0 Å². The zero-order valence-electron chi connectivity index (χ0n) is 33.2. The number of carbonyl (C=O) groups is 3. The molecule has 12 heteroatoms. The van der Waals surface area contributed by atoms with E-state index in [2.05, 4.69) is 58.7 Å². The maximum absolute atomic E-state index is 15.4. The number of fused-ring (bicyclic) bond motifs is 2. The SMILES string of the molecule is COc1ccc([Si](C)(C)[C@H]2[C@H](CC(=O)N(CCO)Cc3ccccc3)O[C@@]3(C(=O)N(Cc4cccc(NC(=O)C5CCCNC5)c4)c4ccc(Br)cc43)[C@@H]2C)cc1. The van der Waals surface area contributed by atoms with E-state index in [0.717, 1.165) is 52.0 Å². The second-order valence-electron chi connectivity index (χ2n) is 16.2. The summed E-state index contributed by atoms with van der Waals surface area (Å²) in [5.74, 6) is 0.0720. The molecule has 57 heavy (non-hydrogen) atoms. The molecule has 0 saturated carbocycles. The fraction of sp³-hybridized carbons (Fsp3) is 0.400. The minimum absolute atomic E-state index is 0.00415. The van der Waals surface area contributed by atoms with E-state index in [9.17, 15) is 14.7 Å². The minimum atomic E-state index is -2.52. The molecule has 3 aliphatic heterocycles. The molecule has 3 N–H and O–H groups in total. The monoisotopic (exact) mass is 852 g/mol. The highest BCUT2D eigenvalue weighted by Crippen LogP contribution is 2.60. The number of benzene rings is 4. The average Bonchev–Trinajstić information content (AvgIpc) is 3.64. The standard InChI is InChI=1S/C45H53BrN4O6Si/c1-30-42(57(3,4)37-18-16-36(55-2)17-19-37)40(26-41(52)49(22-23-51)28-31-10-6-5-7-11-31)56-45(30)38-25-34(46)15-20-39(38)50(44(45)54)29-32-12-8-14-35(24-32)48-43(53)33-13-9-21-47-27-33/h5-8,10-12,14-20,24-25,30,33,40,42,47,51H,9,13,21-23,26-29H2,1-4H3,(H,48,53)/t30-,33?,40+,42-,45+/m1/s1. The number of anilines is 2. The zero-order valence-corrected chi connectivity index (χ0v) is 35.8. The van der Waals surface area contributed by atoms with Gasteiger partial charge >= 0.3 is 0 Å². The highest BCUT2D eigenvalue weighted by Gasteiger charge is 2.66. The number of aliphatic hydroxyl groups excluding tert-OH is 1. The fourth-order valence-electron chi connectivity index (χ4n) is 9.41. The van der Waals surface area contributed by atoms with Crippen LogP contribution in [0.1, 0.15) is 42.9 Å². The summed E-state index contributed by atoms with van der Waals surface area (Å²) < 4.78 is 13.6. The Morgan fingerprint density at radius 2 is 1.79 bits per heavy atom. The number of hydrogen-bond donors (Lipinski definition) is 3.